The molecule has 0 amide bonds. The first kappa shape index (κ1) is 8.43. The van der Waals surface area contributed by atoms with Crippen LogP contribution in [0.15, 0.2) is 29.0 Å². The Hall–Kier alpha value is -0.670. The maximum Gasteiger partial charge on any atom is 0.0615 e. The van der Waals surface area contributed by atoms with Crippen LogP contribution in [0.1, 0.15) is 5.56 Å². The zero-order chi connectivity index (χ0) is 8.10. The SMILES string of the molecule is OC/C=C/c1ccncc1Br. The number of rotatable bonds is 2. The molecule has 0 fully saturated rings. The van der Waals surface area contributed by atoms with Crippen molar-refractivity contribution in [2.45, 2.75) is 0 Å². The second-order valence-electron chi connectivity index (χ2n) is 1.98. The van der Waals surface area contributed by atoms with Crippen molar-refractivity contribution in [1.82, 2.24) is 4.98 Å². The van der Waals surface area contributed by atoms with E-state index in [-0.39, 0.29) is 6.61 Å². The van der Waals surface area contributed by atoms with Crippen molar-refractivity contribution in [3.63, 3.8) is 0 Å². The first-order valence-corrected chi connectivity index (χ1v) is 4.01. The Kier molecular flexibility index (Phi) is 3.26. The molecule has 0 aliphatic carbocycles. The average molecular weight is 214 g/mol. The summed E-state index contributed by atoms with van der Waals surface area (Å²) in [6, 6.07) is 1.87. The van der Waals surface area contributed by atoms with Crippen LogP contribution in [0.5, 0.6) is 0 Å². The van der Waals surface area contributed by atoms with Gasteiger partial charge in [0.25, 0.3) is 0 Å². The highest BCUT2D eigenvalue weighted by molar-refractivity contribution is 9.10. The molecule has 0 aliphatic heterocycles. The molecule has 0 bridgehead atoms. The summed E-state index contributed by atoms with van der Waals surface area (Å²) in [5.41, 5.74) is 1.02. The van der Waals surface area contributed by atoms with Crippen LogP contribution < -0.4 is 0 Å². The van der Waals surface area contributed by atoms with Crippen LogP contribution in [0.3, 0.4) is 0 Å². The summed E-state index contributed by atoms with van der Waals surface area (Å²) >= 11 is 3.33. The molecule has 1 aromatic heterocycles. The van der Waals surface area contributed by atoms with E-state index in [0.29, 0.717) is 0 Å². The van der Waals surface area contributed by atoms with E-state index < -0.39 is 0 Å². The van der Waals surface area contributed by atoms with Crippen molar-refractivity contribution in [3.8, 4) is 0 Å². The van der Waals surface area contributed by atoms with E-state index in [1.54, 1.807) is 18.5 Å². The highest BCUT2D eigenvalue weighted by Gasteiger charge is 1.91. The van der Waals surface area contributed by atoms with Crippen LogP contribution in [-0.2, 0) is 0 Å². The molecule has 0 saturated heterocycles. The van der Waals surface area contributed by atoms with Crippen molar-refractivity contribution >= 4 is 22.0 Å². The van der Waals surface area contributed by atoms with Crippen molar-refractivity contribution in [3.05, 3.63) is 34.6 Å². The van der Waals surface area contributed by atoms with Crippen LogP contribution in [0.25, 0.3) is 6.08 Å². The first-order valence-electron chi connectivity index (χ1n) is 3.21. The molecule has 1 heterocycles. The zero-order valence-corrected chi connectivity index (χ0v) is 7.45. The van der Waals surface area contributed by atoms with Crippen molar-refractivity contribution in [1.29, 1.82) is 0 Å². The molecular formula is C8H8BrNO. The number of aliphatic hydroxyl groups excluding tert-OH is 1. The van der Waals surface area contributed by atoms with Crippen LogP contribution in [0, 0.1) is 0 Å². The van der Waals surface area contributed by atoms with Crippen LogP contribution in [-0.4, -0.2) is 16.7 Å². The Morgan fingerprint density at radius 3 is 3.09 bits per heavy atom. The van der Waals surface area contributed by atoms with Gasteiger partial charge in [-0.15, -0.1) is 0 Å². The normalized spacial score (nSPS) is 10.7. The quantitative estimate of drug-likeness (QED) is 0.814. The molecule has 11 heavy (non-hydrogen) atoms. The van der Waals surface area contributed by atoms with Gasteiger partial charge in [0.15, 0.2) is 0 Å². The van der Waals surface area contributed by atoms with Gasteiger partial charge >= 0.3 is 0 Å². The lowest BCUT2D eigenvalue weighted by molar-refractivity contribution is 0.343. The molecule has 3 heteroatoms. The van der Waals surface area contributed by atoms with Gasteiger partial charge in [-0.05, 0) is 27.6 Å². The standard InChI is InChI=1S/C8H8BrNO/c9-8-6-10-4-3-7(8)2-1-5-11/h1-4,6,11H,5H2/b2-1+. The van der Waals surface area contributed by atoms with Gasteiger partial charge in [0.05, 0.1) is 6.61 Å². The Balaban J connectivity index is 2.86. The third-order valence-electron chi connectivity index (χ3n) is 1.21. The van der Waals surface area contributed by atoms with Crippen molar-refractivity contribution < 1.29 is 5.11 Å². The molecule has 0 spiro atoms. The molecule has 58 valence electrons. The Bertz CT molecular complexity index is 260. The molecule has 0 aromatic carbocycles. The summed E-state index contributed by atoms with van der Waals surface area (Å²) in [4.78, 5) is 3.91. The maximum atomic E-state index is 8.50. The number of hydrogen-bond donors (Lipinski definition) is 1. The second kappa shape index (κ2) is 4.26. The maximum absolute atomic E-state index is 8.50. The van der Waals surface area contributed by atoms with E-state index in [2.05, 4.69) is 20.9 Å². The fourth-order valence-corrected chi connectivity index (χ4v) is 1.08. The van der Waals surface area contributed by atoms with Gasteiger partial charge < -0.3 is 5.11 Å². The van der Waals surface area contributed by atoms with Gasteiger partial charge in [-0.3, -0.25) is 4.98 Å². The molecule has 0 saturated carbocycles. The van der Waals surface area contributed by atoms with Crippen molar-refractivity contribution in [2.75, 3.05) is 6.61 Å². The van der Waals surface area contributed by atoms with Gasteiger partial charge in [-0.2, -0.15) is 0 Å². The lowest BCUT2D eigenvalue weighted by atomic mass is 10.2. The number of pyridine rings is 1. The Morgan fingerprint density at radius 1 is 1.64 bits per heavy atom. The highest BCUT2D eigenvalue weighted by Crippen LogP contribution is 2.15. The molecule has 0 unspecified atom stereocenters. The Labute approximate surface area is 73.7 Å². The highest BCUT2D eigenvalue weighted by atomic mass is 79.9. The summed E-state index contributed by atoms with van der Waals surface area (Å²) in [7, 11) is 0. The predicted octanol–water partition coefficient (Wildman–Crippen LogP) is 1.85. The monoisotopic (exact) mass is 213 g/mol. The van der Waals surface area contributed by atoms with E-state index >= 15 is 0 Å². The molecule has 2 nitrogen and oxygen atoms in total. The van der Waals surface area contributed by atoms with Crippen LogP contribution in [0.4, 0.5) is 0 Å². The summed E-state index contributed by atoms with van der Waals surface area (Å²) in [6.07, 6.45) is 6.95. The van der Waals surface area contributed by atoms with Crippen molar-refractivity contribution in [2.24, 2.45) is 0 Å². The minimum absolute atomic E-state index is 0.0642. The third-order valence-corrected chi connectivity index (χ3v) is 1.87. The zero-order valence-electron chi connectivity index (χ0n) is 5.87. The van der Waals surface area contributed by atoms with Gasteiger partial charge in [0.1, 0.15) is 0 Å². The van der Waals surface area contributed by atoms with Crippen LogP contribution >= 0.6 is 15.9 Å². The minimum atomic E-state index is 0.0642. The molecule has 0 atom stereocenters. The Morgan fingerprint density at radius 2 is 2.45 bits per heavy atom. The molecule has 0 radical (unpaired) electrons. The van der Waals surface area contributed by atoms with Gasteiger partial charge in [0.2, 0.25) is 0 Å². The van der Waals surface area contributed by atoms with E-state index in [1.165, 1.54) is 0 Å². The minimum Gasteiger partial charge on any atom is -0.392 e. The molecule has 1 aromatic rings. The summed E-state index contributed by atoms with van der Waals surface area (Å²) < 4.78 is 0.935. The van der Waals surface area contributed by atoms with E-state index in [9.17, 15) is 0 Å². The van der Waals surface area contributed by atoms with Gasteiger partial charge in [-0.1, -0.05) is 12.2 Å². The fourth-order valence-electron chi connectivity index (χ4n) is 0.701. The molecule has 0 aliphatic rings. The van der Waals surface area contributed by atoms with E-state index in [4.69, 9.17) is 5.11 Å². The third kappa shape index (κ3) is 2.44. The average Bonchev–Trinajstić information content (AvgIpc) is 2.03. The summed E-state index contributed by atoms with van der Waals surface area (Å²) in [6.45, 7) is 0.0642. The fraction of sp³-hybridized carbons (Fsp3) is 0.125. The molecular weight excluding hydrogens is 206 g/mol. The second-order valence-corrected chi connectivity index (χ2v) is 2.84. The van der Waals surface area contributed by atoms with E-state index in [0.717, 1.165) is 10.0 Å². The number of hydrogen-bond acceptors (Lipinski definition) is 2. The first-order chi connectivity index (χ1) is 5.34. The topological polar surface area (TPSA) is 33.1 Å². The van der Waals surface area contributed by atoms with Gasteiger partial charge in [-0.25, -0.2) is 0 Å². The lowest BCUT2D eigenvalue weighted by Crippen LogP contribution is -1.78. The number of aliphatic hydroxyl groups is 1. The number of aromatic nitrogens is 1. The smallest absolute Gasteiger partial charge is 0.0615 e. The lowest BCUT2D eigenvalue weighted by Gasteiger charge is -1.94. The molecule has 1 rings (SSSR count). The predicted molar refractivity (Wildman–Crippen MR) is 48.1 cm³/mol. The number of halogens is 1. The summed E-state index contributed by atoms with van der Waals surface area (Å²) in [5.74, 6) is 0. The number of nitrogens with zero attached hydrogens (tertiary/aromatic N) is 1. The van der Waals surface area contributed by atoms with Gasteiger partial charge in [0, 0.05) is 16.9 Å². The van der Waals surface area contributed by atoms with Crippen LogP contribution in [0.2, 0.25) is 0 Å². The summed E-state index contributed by atoms with van der Waals surface area (Å²) in [5, 5.41) is 8.50. The largest absolute Gasteiger partial charge is 0.392 e. The van der Waals surface area contributed by atoms with E-state index in [1.807, 2.05) is 12.1 Å². The molecule has 1 N–H and O–H groups in total.